The predicted molar refractivity (Wildman–Crippen MR) is 100 cm³/mol. The van der Waals surface area contributed by atoms with Gasteiger partial charge in [-0.25, -0.2) is 19.4 Å². The van der Waals surface area contributed by atoms with E-state index < -0.39 is 11.2 Å². The third-order valence-corrected chi connectivity index (χ3v) is 4.31. The van der Waals surface area contributed by atoms with Gasteiger partial charge >= 0.3 is 5.69 Å². The number of anilines is 1. The summed E-state index contributed by atoms with van der Waals surface area (Å²) in [7, 11) is 2.90. The average molecular weight is 380 g/mol. The average Bonchev–Trinajstić information content (AvgIpc) is 3.35. The van der Waals surface area contributed by atoms with E-state index in [4.69, 9.17) is 0 Å². The highest BCUT2D eigenvalue weighted by Gasteiger charge is 2.17. The molecule has 28 heavy (non-hydrogen) atoms. The summed E-state index contributed by atoms with van der Waals surface area (Å²) in [5.74, 6) is 0.0891. The number of imidazole rings is 1. The van der Waals surface area contributed by atoms with E-state index in [9.17, 15) is 14.4 Å². The Kier molecular flexibility index (Phi) is 4.11. The quantitative estimate of drug-likeness (QED) is 0.517. The maximum absolute atomic E-state index is 12.6. The molecule has 0 radical (unpaired) electrons. The van der Waals surface area contributed by atoms with Crippen molar-refractivity contribution in [2.45, 2.75) is 6.54 Å². The van der Waals surface area contributed by atoms with Crippen LogP contribution in [0.25, 0.3) is 17.0 Å². The number of amides is 1. The van der Waals surface area contributed by atoms with Gasteiger partial charge in [-0.2, -0.15) is 5.10 Å². The third kappa shape index (κ3) is 2.78. The molecule has 0 unspecified atom stereocenters. The van der Waals surface area contributed by atoms with Crippen LogP contribution in [0.15, 0.2) is 52.7 Å². The molecule has 11 nitrogen and oxygen atoms in total. The van der Waals surface area contributed by atoms with Gasteiger partial charge < -0.3 is 9.88 Å². The smallest absolute Gasteiger partial charge is 0.321 e. The predicted octanol–water partition coefficient (Wildman–Crippen LogP) is -0.347. The summed E-state index contributed by atoms with van der Waals surface area (Å²) in [5.41, 5.74) is -0.118. The molecule has 0 atom stereocenters. The van der Waals surface area contributed by atoms with Crippen LogP contribution in [0.4, 0.5) is 5.69 Å². The zero-order valence-electron chi connectivity index (χ0n) is 15.1. The first-order chi connectivity index (χ1) is 13.5. The van der Waals surface area contributed by atoms with Crippen molar-refractivity contribution in [2.75, 3.05) is 5.32 Å². The molecule has 4 aromatic rings. The number of nitrogens with zero attached hydrogens (tertiary/aromatic N) is 7. The van der Waals surface area contributed by atoms with Crippen molar-refractivity contribution in [1.29, 1.82) is 0 Å². The van der Waals surface area contributed by atoms with E-state index in [1.54, 1.807) is 36.8 Å². The van der Waals surface area contributed by atoms with E-state index >= 15 is 0 Å². The van der Waals surface area contributed by atoms with Crippen LogP contribution in [0.1, 0.15) is 0 Å². The monoisotopic (exact) mass is 380 g/mol. The Morgan fingerprint density at radius 1 is 1.11 bits per heavy atom. The summed E-state index contributed by atoms with van der Waals surface area (Å²) in [6.07, 6.45) is 6.28. The van der Waals surface area contributed by atoms with Crippen LogP contribution >= 0.6 is 0 Å². The van der Waals surface area contributed by atoms with E-state index in [1.807, 2.05) is 0 Å². The van der Waals surface area contributed by atoms with E-state index in [-0.39, 0.29) is 23.6 Å². The third-order valence-electron chi connectivity index (χ3n) is 4.31. The van der Waals surface area contributed by atoms with Crippen LogP contribution < -0.4 is 16.6 Å². The first-order valence-corrected chi connectivity index (χ1v) is 8.33. The zero-order valence-corrected chi connectivity index (χ0v) is 15.1. The van der Waals surface area contributed by atoms with E-state index in [1.165, 1.54) is 34.2 Å². The lowest BCUT2D eigenvalue weighted by Gasteiger charge is -2.11. The van der Waals surface area contributed by atoms with Crippen molar-refractivity contribution in [3.05, 3.63) is 64.0 Å². The Balaban J connectivity index is 1.66. The molecule has 0 fully saturated rings. The fourth-order valence-corrected chi connectivity index (χ4v) is 2.93. The largest absolute Gasteiger partial charge is 0.332 e. The van der Waals surface area contributed by atoms with Gasteiger partial charge in [0.05, 0.1) is 12.0 Å². The first kappa shape index (κ1) is 17.4. The van der Waals surface area contributed by atoms with Crippen molar-refractivity contribution in [1.82, 2.24) is 33.4 Å². The molecule has 11 heteroatoms. The van der Waals surface area contributed by atoms with Crippen LogP contribution in [0, 0.1) is 0 Å². The number of aromatic nitrogens is 7. The second-order valence-electron chi connectivity index (χ2n) is 6.12. The lowest BCUT2D eigenvalue weighted by molar-refractivity contribution is -0.116. The number of aryl methyl sites for hydroxylation is 1. The van der Waals surface area contributed by atoms with Gasteiger partial charge in [0.2, 0.25) is 5.91 Å². The fraction of sp³-hybridized carbons (Fsp3) is 0.176. The number of rotatable bonds is 4. The highest BCUT2D eigenvalue weighted by molar-refractivity contribution is 5.92. The second-order valence-corrected chi connectivity index (χ2v) is 6.12. The van der Waals surface area contributed by atoms with Crippen molar-refractivity contribution >= 4 is 22.8 Å². The Bertz CT molecular complexity index is 1300. The molecular weight excluding hydrogens is 364 g/mol. The lowest BCUT2D eigenvalue weighted by Crippen LogP contribution is -2.37. The minimum atomic E-state index is -0.512. The van der Waals surface area contributed by atoms with Gasteiger partial charge in [-0.05, 0) is 18.2 Å². The van der Waals surface area contributed by atoms with E-state index in [0.717, 1.165) is 4.57 Å². The van der Waals surface area contributed by atoms with Gasteiger partial charge in [0.25, 0.3) is 5.56 Å². The topological polar surface area (TPSA) is 122 Å². The van der Waals surface area contributed by atoms with Crippen LogP contribution in [-0.4, -0.2) is 39.4 Å². The number of fused-ring (bicyclic) bond motifs is 1. The molecule has 1 amide bonds. The zero-order chi connectivity index (χ0) is 19.8. The molecule has 4 heterocycles. The molecule has 0 spiro atoms. The highest BCUT2D eigenvalue weighted by atomic mass is 16.2. The Hall–Kier alpha value is -4.02. The fourth-order valence-electron chi connectivity index (χ4n) is 2.93. The minimum Gasteiger partial charge on any atom is -0.321 e. The van der Waals surface area contributed by atoms with Gasteiger partial charge in [0.1, 0.15) is 6.54 Å². The molecule has 0 aromatic carbocycles. The van der Waals surface area contributed by atoms with Crippen LogP contribution in [0.2, 0.25) is 0 Å². The van der Waals surface area contributed by atoms with Crippen molar-refractivity contribution in [3.63, 3.8) is 0 Å². The summed E-state index contributed by atoms with van der Waals surface area (Å²) in [5, 5.41) is 6.90. The molecule has 0 bridgehead atoms. The molecule has 0 aliphatic heterocycles. The Morgan fingerprint density at radius 2 is 1.93 bits per heavy atom. The second kappa shape index (κ2) is 6.61. The minimum absolute atomic E-state index is 0.155. The van der Waals surface area contributed by atoms with Crippen molar-refractivity contribution in [3.8, 4) is 5.82 Å². The number of hydrogen-bond donors (Lipinski definition) is 1. The van der Waals surface area contributed by atoms with Crippen LogP contribution in [0.5, 0.6) is 0 Å². The van der Waals surface area contributed by atoms with E-state index in [2.05, 4.69) is 20.4 Å². The first-order valence-electron chi connectivity index (χ1n) is 8.33. The lowest BCUT2D eigenvalue weighted by atomic mass is 10.3. The van der Waals surface area contributed by atoms with Gasteiger partial charge in [0, 0.05) is 32.7 Å². The SMILES string of the molecule is Cn1c(=O)c2c(ncn2CC(=O)Nc2cccnc2-n2cccn2)n(C)c1=O. The molecule has 0 saturated heterocycles. The summed E-state index contributed by atoms with van der Waals surface area (Å²) >= 11 is 0. The maximum atomic E-state index is 12.6. The molecule has 1 N–H and O–H groups in total. The molecule has 142 valence electrons. The number of carbonyl (C=O) groups is 1. The van der Waals surface area contributed by atoms with Crippen molar-refractivity contribution in [2.24, 2.45) is 14.1 Å². The number of hydrogen-bond acceptors (Lipinski definition) is 6. The summed E-state index contributed by atoms with van der Waals surface area (Å²) in [6, 6.07) is 5.15. The van der Waals surface area contributed by atoms with E-state index in [0.29, 0.717) is 11.5 Å². The molecule has 0 aliphatic carbocycles. The number of carbonyl (C=O) groups excluding carboxylic acids is 1. The molecule has 4 rings (SSSR count). The molecule has 0 aliphatic rings. The van der Waals surface area contributed by atoms with Gasteiger partial charge in [-0.15, -0.1) is 0 Å². The Morgan fingerprint density at radius 3 is 2.68 bits per heavy atom. The number of nitrogens with one attached hydrogen (secondary N) is 1. The Labute approximate surface area is 157 Å². The van der Waals surface area contributed by atoms with Gasteiger partial charge in [-0.3, -0.25) is 18.7 Å². The van der Waals surface area contributed by atoms with Gasteiger partial charge in [-0.1, -0.05) is 0 Å². The highest BCUT2D eigenvalue weighted by Crippen LogP contribution is 2.16. The maximum Gasteiger partial charge on any atom is 0.332 e. The molecule has 4 aromatic heterocycles. The molecule has 0 saturated carbocycles. The van der Waals surface area contributed by atoms with Crippen LogP contribution in [-0.2, 0) is 25.4 Å². The molecular formula is C17H16N8O3. The standard InChI is InChI=1S/C17H16N8O3/c1-22-15-13(16(27)23(2)17(22)28)24(10-19-15)9-12(26)21-11-5-3-6-18-14(11)25-8-4-7-20-25/h3-8,10H,9H2,1-2H3,(H,21,26). The summed E-state index contributed by atoms with van der Waals surface area (Å²) < 4.78 is 5.20. The normalized spacial score (nSPS) is 11.1. The van der Waals surface area contributed by atoms with Crippen LogP contribution in [0.3, 0.4) is 0 Å². The summed E-state index contributed by atoms with van der Waals surface area (Å²) in [4.78, 5) is 45.4. The summed E-state index contributed by atoms with van der Waals surface area (Å²) in [6.45, 7) is -0.155. The van der Waals surface area contributed by atoms with Gasteiger partial charge in [0.15, 0.2) is 17.0 Å². The van der Waals surface area contributed by atoms with Crippen molar-refractivity contribution < 1.29 is 4.79 Å². The number of pyridine rings is 1.